The molecule has 5 nitrogen and oxygen atoms in total. The van der Waals surface area contributed by atoms with Crippen molar-refractivity contribution in [3.8, 4) is 11.5 Å². The molecule has 4 aromatic carbocycles. The van der Waals surface area contributed by atoms with Crippen molar-refractivity contribution in [2.24, 2.45) is 5.92 Å². The van der Waals surface area contributed by atoms with E-state index < -0.39 is 5.60 Å². The van der Waals surface area contributed by atoms with E-state index in [4.69, 9.17) is 9.47 Å². The van der Waals surface area contributed by atoms with Crippen molar-refractivity contribution in [2.45, 2.75) is 38.8 Å². The highest BCUT2D eigenvalue weighted by Gasteiger charge is 2.53. The Morgan fingerprint density at radius 2 is 1.63 bits per heavy atom. The number of carbonyl (C=O) groups excluding carboxylic acids is 1. The predicted molar refractivity (Wildman–Crippen MR) is 150 cm³/mol. The zero-order valence-electron chi connectivity index (χ0n) is 21.8. The molecule has 5 heteroatoms. The van der Waals surface area contributed by atoms with E-state index in [0.29, 0.717) is 23.3 Å². The Balaban J connectivity index is 1.42. The molecule has 7 rings (SSSR count). The molecule has 38 heavy (non-hydrogen) atoms. The molecule has 3 aliphatic rings. The molecule has 0 saturated carbocycles. The first-order valence-corrected chi connectivity index (χ1v) is 13.3. The summed E-state index contributed by atoms with van der Waals surface area (Å²) in [7, 11) is 0. The maximum absolute atomic E-state index is 13.3. The minimum absolute atomic E-state index is 0.316. The fraction of sp³-hybridized carbons (Fsp3) is 0.242. The van der Waals surface area contributed by atoms with E-state index in [9.17, 15) is 4.79 Å². The Morgan fingerprint density at radius 3 is 2.42 bits per heavy atom. The highest BCUT2D eigenvalue weighted by Crippen LogP contribution is 2.57. The third-order valence-corrected chi connectivity index (χ3v) is 8.57. The van der Waals surface area contributed by atoms with Crippen LogP contribution in [0.3, 0.4) is 0 Å². The molecule has 190 valence electrons. The summed E-state index contributed by atoms with van der Waals surface area (Å²) < 4.78 is 13.0. The molecule has 0 bridgehead atoms. The average Bonchev–Trinajstić information content (AvgIpc) is 3.42. The molecule has 3 aliphatic heterocycles. The van der Waals surface area contributed by atoms with Crippen LogP contribution in [0.1, 0.15) is 52.9 Å². The number of benzene rings is 4. The molecule has 4 aromatic rings. The van der Waals surface area contributed by atoms with Crippen LogP contribution in [0.4, 0.5) is 17.1 Å². The van der Waals surface area contributed by atoms with Gasteiger partial charge < -0.3 is 19.7 Å². The maximum atomic E-state index is 13.3. The van der Waals surface area contributed by atoms with E-state index in [-0.39, 0.29) is 5.97 Å². The second kappa shape index (κ2) is 8.38. The smallest absolute Gasteiger partial charge is 0.340 e. The van der Waals surface area contributed by atoms with E-state index in [1.165, 1.54) is 6.42 Å². The van der Waals surface area contributed by atoms with E-state index in [0.717, 1.165) is 51.6 Å². The van der Waals surface area contributed by atoms with Gasteiger partial charge in [0, 0.05) is 52.4 Å². The summed E-state index contributed by atoms with van der Waals surface area (Å²) in [5, 5.41) is 3.54. The topological polar surface area (TPSA) is 50.8 Å². The minimum Gasteiger partial charge on any atom is -0.456 e. The fourth-order valence-electron chi connectivity index (χ4n) is 6.26. The number of hydrogen-bond acceptors (Lipinski definition) is 5. The van der Waals surface area contributed by atoms with Gasteiger partial charge in [0.1, 0.15) is 11.5 Å². The maximum Gasteiger partial charge on any atom is 0.340 e. The van der Waals surface area contributed by atoms with E-state index in [1.807, 2.05) is 60.7 Å². The van der Waals surface area contributed by atoms with Gasteiger partial charge in [0.05, 0.1) is 5.56 Å². The van der Waals surface area contributed by atoms with Gasteiger partial charge in [-0.05, 0) is 74.2 Å². The zero-order valence-corrected chi connectivity index (χ0v) is 21.8. The van der Waals surface area contributed by atoms with Gasteiger partial charge in [-0.1, -0.05) is 43.3 Å². The summed E-state index contributed by atoms with van der Waals surface area (Å²) in [6, 6.07) is 28.7. The summed E-state index contributed by atoms with van der Waals surface area (Å²) in [5.41, 5.74) is 6.14. The molecule has 3 atom stereocenters. The molecule has 0 aromatic heterocycles. The Bertz CT molecular complexity index is 1580. The average molecular weight is 503 g/mol. The lowest BCUT2D eigenvalue weighted by atomic mass is 9.77. The first-order chi connectivity index (χ1) is 18.5. The van der Waals surface area contributed by atoms with Gasteiger partial charge in [0.15, 0.2) is 5.60 Å². The molecular formula is C33H30N2O3. The van der Waals surface area contributed by atoms with E-state index >= 15 is 0 Å². The molecule has 1 fully saturated rings. The van der Waals surface area contributed by atoms with E-state index in [2.05, 4.69) is 55.3 Å². The van der Waals surface area contributed by atoms with Crippen LogP contribution < -0.4 is 15.0 Å². The second-order valence-corrected chi connectivity index (χ2v) is 10.8. The highest BCUT2D eigenvalue weighted by molar-refractivity contribution is 5.97. The minimum atomic E-state index is -1.08. The van der Waals surface area contributed by atoms with Crippen LogP contribution in [0.5, 0.6) is 11.5 Å². The second-order valence-electron chi connectivity index (χ2n) is 10.8. The highest BCUT2D eigenvalue weighted by atomic mass is 16.6. The number of ether oxygens (including phenoxy) is 2. The van der Waals surface area contributed by atoms with Crippen LogP contribution in [0.2, 0.25) is 0 Å². The van der Waals surface area contributed by atoms with Crippen molar-refractivity contribution in [2.75, 3.05) is 16.8 Å². The normalized spacial score (nSPS) is 22.9. The van der Waals surface area contributed by atoms with Crippen LogP contribution in [-0.4, -0.2) is 18.6 Å². The van der Waals surface area contributed by atoms with Crippen molar-refractivity contribution in [1.82, 2.24) is 0 Å². The lowest BCUT2D eigenvalue weighted by Crippen LogP contribution is -2.34. The Hall–Kier alpha value is -4.25. The quantitative estimate of drug-likeness (QED) is 0.293. The Labute approximate surface area is 223 Å². The Morgan fingerprint density at radius 1 is 0.868 bits per heavy atom. The summed E-state index contributed by atoms with van der Waals surface area (Å²) >= 11 is 0. The number of carbonyl (C=O) groups is 1. The van der Waals surface area contributed by atoms with Crippen LogP contribution in [0, 0.1) is 12.8 Å². The number of nitrogens with one attached hydrogen (secondary N) is 1. The van der Waals surface area contributed by atoms with Gasteiger partial charge in [-0.3, -0.25) is 0 Å². The first kappa shape index (κ1) is 22.9. The SMILES string of the molecule is Cc1cc2c(cc1Nc1ccccc1)C1(OC(=O)c3ccccc31)c1ccc(N3CCC(C)C3C)cc1O2. The van der Waals surface area contributed by atoms with Gasteiger partial charge in [0.2, 0.25) is 0 Å². The molecule has 0 amide bonds. The van der Waals surface area contributed by atoms with Crippen LogP contribution in [0.25, 0.3) is 0 Å². The molecule has 0 radical (unpaired) electrons. The van der Waals surface area contributed by atoms with Crippen molar-refractivity contribution < 1.29 is 14.3 Å². The van der Waals surface area contributed by atoms with Crippen molar-refractivity contribution >= 4 is 23.0 Å². The number of aryl methyl sites for hydroxylation is 1. The third kappa shape index (κ3) is 3.27. The fourth-order valence-corrected chi connectivity index (χ4v) is 6.26. The summed E-state index contributed by atoms with van der Waals surface area (Å²) in [6.07, 6.45) is 1.17. The van der Waals surface area contributed by atoms with Gasteiger partial charge in [-0.25, -0.2) is 4.79 Å². The molecular weight excluding hydrogens is 472 g/mol. The predicted octanol–water partition coefficient (Wildman–Crippen LogP) is 7.54. The molecule has 3 heterocycles. The zero-order chi connectivity index (χ0) is 26.0. The lowest BCUT2D eigenvalue weighted by molar-refractivity contribution is 0.0224. The van der Waals surface area contributed by atoms with Crippen LogP contribution >= 0.6 is 0 Å². The number of rotatable bonds is 3. The number of esters is 1. The monoisotopic (exact) mass is 502 g/mol. The third-order valence-electron chi connectivity index (χ3n) is 8.57. The largest absolute Gasteiger partial charge is 0.456 e. The number of hydrogen-bond donors (Lipinski definition) is 1. The molecule has 1 spiro atoms. The van der Waals surface area contributed by atoms with Crippen molar-refractivity contribution in [3.63, 3.8) is 0 Å². The van der Waals surface area contributed by atoms with Gasteiger partial charge in [-0.15, -0.1) is 0 Å². The summed E-state index contributed by atoms with van der Waals surface area (Å²) in [6.45, 7) is 7.68. The number of para-hydroxylation sites is 1. The summed E-state index contributed by atoms with van der Waals surface area (Å²) in [4.78, 5) is 15.7. The van der Waals surface area contributed by atoms with Crippen molar-refractivity contribution in [1.29, 1.82) is 0 Å². The first-order valence-electron chi connectivity index (χ1n) is 13.3. The molecule has 1 N–H and O–H groups in total. The van der Waals surface area contributed by atoms with Crippen molar-refractivity contribution in [3.05, 3.63) is 113 Å². The lowest BCUT2D eigenvalue weighted by Gasteiger charge is -2.38. The number of nitrogens with zero attached hydrogens (tertiary/aromatic N) is 1. The van der Waals surface area contributed by atoms with Gasteiger partial charge in [0.25, 0.3) is 0 Å². The Kier molecular flexibility index (Phi) is 5.05. The standard InChI is InChI=1S/C33H30N2O3/c1-20-15-16-35(22(20)3)24-13-14-27-31(18-24)37-30-17-21(2)29(34-23-9-5-4-6-10-23)19-28(30)33(27)26-12-8-7-11-25(26)32(36)38-33/h4-14,17-20,22,34H,15-16H2,1-3H3. The number of fused-ring (bicyclic) bond motifs is 6. The van der Waals surface area contributed by atoms with Crippen LogP contribution in [0.15, 0.2) is 84.9 Å². The molecule has 1 saturated heterocycles. The molecule has 0 aliphatic carbocycles. The van der Waals surface area contributed by atoms with E-state index in [1.54, 1.807) is 0 Å². The van der Waals surface area contributed by atoms with Crippen LogP contribution in [-0.2, 0) is 10.3 Å². The van der Waals surface area contributed by atoms with Gasteiger partial charge >= 0.3 is 5.97 Å². The number of anilines is 3. The van der Waals surface area contributed by atoms with Gasteiger partial charge in [-0.2, -0.15) is 0 Å². The molecule has 3 unspecified atom stereocenters. The summed E-state index contributed by atoms with van der Waals surface area (Å²) in [5.74, 6) is 1.76.